The predicted octanol–water partition coefficient (Wildman–Crippen LogP) is 0.963. The van der Waals surface area contributed by atoms with E-state index in [1.165, 1.54) is 6.92 Å². The number of morpholine rings is 1. The summed E-state index contributed by atoms with van der Waals surface area (Å²) in [7, 11) is 0. The minimum absolute atomic E-state index is 0.0641. The Balaban J connectivity index is 1.65. The lowest BCUT2D eigenvalue weighted by molar-refractivity contribution is -0.119. The van der Waals surface area contributed by atoms with Gasteiger partial charge in [-0.05, 0) is 19.1 Å². The first-order chi connectivity index (χ1) is 12.0. The maximum absolute atomic E-state index is 12.6. The number of nitrogens with one attached hydrogen (secondary N) is 2. The lowest BCUT2D eigenvalue weighted by atomic mass is 10.2. The van der Waals surface area contributed by atoms with Crippen molar-refractivity contribution in [1.82, 2.24) is 25.2 Å². The maximum Gasteiger partial charge on any atom is 0.255 e. The largest absolute Gasteiger partial charge is 0.367 e. The zero-order chi connectivity index (χ0) is 17.8. The zero-order valence-corrected chi connectivity index (χ0v) is 14.3. The van der Waals surface area contributed by atoms with Crippen LogP contribution in [-0.4, -0.2) is 51.4 Å². The molecular formula is C17H21N5O3. The number of ether oxygens (including phenoxy) is 1. The van der Waals surface area contributed by atoms with Crippen LogP contribution < -0.4 is 5.32 Å². The van der Waals surface area contributed by atoms with Gasteiger partial charge in [-0.1, -0.05) is 0 Å². The van der Waals surface area contributed by atoms with E-state index in [9.17, 15) is 9.59 Å². The normalized spacial score (nSPS) is 17.4. The number of imidazole rings is 1. The molecule has 0 saturated carbocycles. The first-order valence-electron chi connectivity index (χ1n) is 8.14. The van der Waals surface area contributed by atoms with Crippen molar-refractivity contribution in [3.05, 3.63) is 47.3 Å². The van der Waals surface area contributed by atoms with Gasteiger partial charge in [0.2, 0.25) is 5.91 Å². The maximum atomic E-state index is 12.6. The van der Waals surface area contributed by atoms with E-state index in [4.69, 9.17) is 4.74 Å². The average Bonchev–Trinajstić information content (AvgIpc) is 3.09. The van der Waals surface area contributed by atoms with Crippen LogP contribution in [0, 0.1) is 6.92 Å². The molecule has 3 heterocycles. The lowest BCUT2D eigenvalue weighted by Gasteiger charge is -2.32. The van der Waals surface area contributed by atoms with Crippen LogP contribution in [0.5, 0.6) is 0 Å². The molecule has 2 aromatic rings. The molecule has 2 aromatic heterocycles. The fourth-order valence-corrected chi connectivity index (χ4v) is 2.63. The zero-order valence-electron chi connectivity index (χ0n) is 14.3. The molecule has 0 aromatic carbocycles. The van der Waals surface area contributed by atoms with Crippen molar-refractivity contribution in [3.63, 3.8) is 0 Å². The summed E-state index contributed by atoms with van der Waals surface area (Å²) in [6, 6.07) is 3.61. The molecule has 1 saturated heterocycles. The number of aromatic amines is 1. The third-order valence-corrected chi connectivity index (χ3v) is 3.99. The summed E-state index contributed by atoms with van der Waals surface area (Å²) in [4.78, 5) is 37.0. The van der Waals surface area contributed by atoms with Crippen molar-refractivity contribution >= 4 is 11.8 Å². The van der Waals surface area contributed by atoms with Crippen LogP contribution in [0.2, 0.25) is 0 Å². The van der Waals surface area contributed by atoms with Crippen molar-refractivity contribution in [2.24, 2.45) is 0 Å². The summed E-state index contributed by atoms with van der Waals surface area (Å²) in [5.41, 5.74) is 2.23. The molecule has 8 nitrogen and oxygen atoms in total. The van der Waals surface area contributed by atoms with E-state index in [1.807, 2.05) is 13.0 Å². The number of aryl methyl sites for hydroxylation is 1. The number of aromatic nitrogens is 3. The number of pyridine rings is 1. The SMILES string of the molecule is CC(=O)NCc1cnc(C2CN(C(=O)c3ccc(C)nc3)CCO2)[nH]1. The van der Waals surface area contributed by atoms with Crippen molar-refractivity contribution in [1.29, 1.82) is 0 Å². The molecule has 8 heteroatoms. The number of rotatable bonds is 4. The van der Waals surface area contributed by atoms with Gasteiger partial charge in [0.05, 0.1) is 37.2 Å². The second kappa shape index (κ2) is 7.43. The van der Waals surface area contributed by atoms with Gasteiger partial charge in [-0.2, -0.15) is 0 Å². The molecule has 0 aliphatic carbocycles. The van der Waals surface area contributed by atoms with Gasteiger partial charge in [0.1, 0.15) is 11.9 Å². The van der Waals surface area contributed by atoms with Gasteiger partial charge in [-0.25, -0.2) is 4.98 Å². The summed E-state index contributed by atoms with van der Waals surface area (Å²) in [6.45, 7) is 5.12. The molecule has 0 bridgehead atoms. The molecule has 1 fully saturated rings. The number of nitrogens with zero attached hydrogens (tertiary/aromatic N) is 3. The first-order valence-corrected chi connectivity index (χ1v) is 8.14. The third kappa shape index (κ3) is 4.21. The van der Waals surface area contributed by atoms with Gasteiger partial charge in [0, 0.05) is 25.4 Å². The van der Waals surface area contributed by atoms with Gasteiger partial charge >= 0.3 is 0 Å². The van der Waals surface area contributed by atoms with Crippen molar-refractivity contribution in [3.8, 4) is 0 Å². The van der Waals surface area contributed by atoms with Crippen LogP contribution in [0.4, 0.5) is 0 Å². The van der Waals surface area contributed by atoms with Crippen LogP contribution in [0.1, 0.15) is 40.6 Å². The average molecular weight is 343 g/mol. The molecule has 1 aliphatic heterocycles. The first kappa shape index (κ1) is 17.1. The predicted molar refractivity (Wildman–Crippen MR) is 89.7 cm³/mol. The summed E-state index contributed by atoms with van der Waals surface area (Å²) >= 11 is 0. The number of H-pyrrole nitrogens is 1. The molecule has 2 N–H and O–H groups in total. The molecule has 1 aliphatic rings. The van der Waals surface area contributed by atoms with Crippen molar-refractivity contribution in [2.75, 3.05) is 19.7 Å². The number of hydrogen-bond acceptors (Lipinski definition) is 5. The molecule has 0 spiro atoms. The highest BCUT2D eigenvalue weighted by molar-refractivity contribution is 5.94. The fraction of sp³-hybridized carbons (Fsp3) is 0.412. The molecule has 1 atom stereocenters. The van der Waals surface area contributed by atoms with Gasteiger partial charge in [0.15, 0.2) is 0 Å². The van der Waals surface area contributed by atoms with E-state index in [2.05, 4.69) is 20.3 Å². The van der Waals surface area contributed by atoms with E-state index in [1.54, 1.807) is 23.4 Å². The van der Waals surface area contributed by atoms with E-state index in [0.29, 0.717) is 37.6 Å². The van der Waals surface area contributed by atoms with Crippen LogP contribution in [0.25, 0.3) is 0 Å². The Morgan fingerprint density at radius 3 is 2.92 bits per heavy atom. The highest BCUT2D eigenvalue weighted by Crippen LogP contribution is 2.21. The topological polar surface area (TPSA) is 100 Å². The highest BCUT2D eigenvalue weighted by atomic mass is 16.5. The van der Waals surface area contributed by atoms with Crippen molar-refractivity contribution in [2.45, 2.75) is 26.5 Å². The molecular weight excluding hydrogens is 322 g/mol. The fourth-order valence-electron chi connectivity index (χ4n) is 2.63. The Labute approximate surface area is 145 Å². The Morgan fingerprint density at radius 1 is 1.36 bits per heavy atom. The Bertz CT molecular complexity index is 756. The van der Waals surface area contributed by atoms with E-state index in [-0.39, 0.29) is 17.9 Å². The molecule has 3 rings (SSSR count). The second-order valence-corrected chi connectivity index (χ2v) is 6.00. The summed E-state index contributed by atoms with van der Waals surface area (Å²) in [6.07, 6.45) is 2.95. The van der Waals surface area contributed by atoms with Crippen LogP contribution >= 0.6 is 0 Å². The standard InChI is InChI=1S/C17H21N5O3/c1-11-3-4-13(7-18-11)17(24)22-5-6-25-15(10-22)16-20-9-14(21-16)8-19-12(2)23/h3-4,7,9,15H,5-6,8,10H2,1-2H3,(H,19,23)(H,20,21). The number of carbonyl (C=O) groups is 2. The smallest absolute Gasteiger partial charge is 0.255 e. The number of hydrogen-bond donors (Lipinski definition) is 2. The second-order valence-electron chi connectivity index (χ2n) is 6.00. The van der Waals surface area contributed by atoms with Crippen molar-refractivity contribution < 1.29 is 14.3 Å². The Hall–Kier alpha value is -2.74. The molecule has 0 radical (unpaired) electrons. The van der Waals surface area contributed by atoms with E-state index in [0.717, 1.165) is 11.4 Å². The van der Waals surface area contributed by atoms with Gasteiger partial charge < -0.3 is 19.9 Å². The van der Waals surface area contributed by atoms with Crippen LogP contribution in [0.15, 0.2) is 24.5 Å². The monoisotopic (exact) mass is 343 g/mol. The van der Waals surface area contributed by atoms with E-state index >= 15 is 0 Å². The number of carbonyl (C=O) groups excluding carboxylic acids is 2. The summed E-state index contributed by atoms with van der Waals surface area (Å²) in [5, 5.41) is 2.71. The lowest BCUT2D eigenvalue weighted by Crippen LogP contribution is -2.42. The molecule has 25 heavy (non-hydrogen) atoms. The molecule has 132 valence electrons. The summed E-state index contributed by atoms with van der Waals surface area (Å²) < 4.78 is 5.75. The number of amides is 2. The minimum Gasteiger partial charge on any atom is -0.367 e. The Kier molecular flexibility index (Phi) is 5.08. The van der Waals surface area contributed by atoms with Crippen LogP contribution in [-0.2, 0) is 16.1 Å². The highest BCUT2D eigenvalue weighted by Gasteiger charge is 2.28. The van der Waals surface area contributed by atoms with Gasteiger partial charge in [-0.15, -0.1) is 0 Å². The van der Waals surface area contributed by atoms with E-state index < -0.39 is 0 Å². The van der Waals surface area contributed by atoms with Crippen LogP contribution in [0.3, 0.4) is 0 Å². The van der Waals surface area contributed by atoms with Gasteiger partial charge in [0.25, 0.3) is 5.91 Å². The molecule has 2 amide bonds. The summed E-state index contributed by atoms with van der Waals surface area (Å²) in [5.74, 6) is 0.485. The Morgan fingerprint density at radius 2 is 2.20 bits per heavy atom. The quantitative estimate of drug-likeness (QED) is 0.861. The van der Waals surface area contributed by atoms with Gasteiger partial charge in [-0.3, -0.25) is 14.6 Å². The third-order valence-electron chi connectivity index (χ3n) is 3.99. The minimum atomic E-state index is -0.317. The molecule has 1 unspecified atom stereocenters.